The monoisotopic (exact) mass is 333 g/mol. The average Bonchev–Trinajstić information content (AvgIpc) is 2.92. The Morgan fingerprint density at radius 1 is 1.22 bits per heavy atom. The van der Waals surface area contributed by atoms with E-state index in [0.717, 1.165) is 0 Å². The maximum Gasteiger partial charge on any atom is 0.285 e. The highest BCUT2D eigenvalue weighted by molar-refractivity contribution is 7.90. The third kappa shape index (κ3) is 2.93. The fraction of sp³-hybridized carbons (Fsp3) is 0.0667. The number of aromatic nitrogens is 2. The van der Waals surface area contributed by atoms with E-state index in [1.165, 1.54) is 28.8 Å². The smallest absolute Gasteiger partial charge is 0.285 e. The molecule has 0 saturated carbocycles. The average molecular weight is 333 g/mol. The molecule has 3 aromatic rings. The van der Waals surface area contributed by atoms with Crippen LogP contribution < -0.4 is 4.72 Å². The molecule has 0 spiro atoms. The molecule has 0 unspecified atom stereocenters. The first-order valence-corrected chi connectivity index (χ1v) is 8.12. The van der Waals surface area contributed by atoms with Gasteiger partial charge in [0.25, 0.3) is 15.9 Å². The normalized spacial score (nSPS) is 11.6. The number of carbonyl (C=O) groups is 1. The van der Waals surface area contributed by atoms with Gasteiger partial charge in [0.15, 0.2) is 11.5 Å². The van der Waals surface area contributed by atoms with Crippen LogP contribution in [0.3, 0.4) is 0 Å². The Labute approximate surface area is 131 Å². The topological polar surface area (TPSA) is 80.5 Å². The number of fused-ring (bicyclic) bond motifs is 1. The number of nitrogens with zero attached hydrogens (tertiary/aromatic N) is 2. The predicted octanol–water partition coefficient (Wildman–Crippen LogP) is 1.90. The molecule has 2 aromatic heterocycles. The minimum Gasteiger partial charge on any atom is -0.304 e. The molecule has 0 bridgehead atoms. The molecule has 0 aliphatic heterocycles. The summed E-state index contributed by atoms with van der Waals surface area (Å²) in [6, 6.07) is 8.76. The second kappa shape index (κ2) is 5.47. The number of sulfonamides is 1. The van der Waals surface area contributed by atoms with E-state index in [1.807, 2.05) is 4.72 Å². The third-order valence-electron chi connectivity index (χ3n) is 3.16. The van der Waals surface area contributed by atoms with Crippen molar-refractivity contribution in [2.24, 2.45) is 0 Å². The third-order valence-corrected chi connectivity index (χ3v) is 4.50. The zero-order valence-electron chi connectivity index (χ0n) is 12.0. The van der Waals surface area contributed by atoms with E-state index in [2.05, 4.69) is 4.98 Å². The van der Waals surface area contributed by atoms with E-state index in [1.54, 1.807) is 31.3 Å². The van der Waals surface area contributed by atoms with Gasteiger partial charge in [0.05, 0.1) is 4.90 Å². The Morgan fingerprint density at radius 2 is 1.91 bits per heavy atom. The zero-order valence-corrected chi connectivity index (χ0v) is 12.8. The van der Waals surface area contributed by atoms with Gasteiger partial charge in [-0.2, -0.15) is 0 Å². The lowest BCUT2D eigenvalue weighted by Crippen LogP contribution is -2.30. The van der Waals surface area contributed by atoms with Crippen molar-refractivity contribution in [1.29, 1.82) is 0 Å². The molecule has 8 heteroatoms. The summed E-state index contributed by atoms with van der Waals surface area (Å²) in [5, 5.41) is 0. The first kappa shape index (κ1) is 15.2. The molecule has 0 aliphatic carbocycles. The molecule has 2 heterocycles. The van der Waals surface area contributed by atoms with Gasteiger partial charge in [-0.1, -0.05) is 18.2 Å². The summed E-state index contributed by atoms with van der Waals surface area (Å²) in [6.45, 7) is 1.70. The summed E-state index contributed by atoms with van der Waals surface area (Å²) < 4.78 is 41.3. The van der Waals surface area contributed by atoms with Gasteiger partial charge in [-0.05, 0) is 30.7 Å². The van der Waals surface area contributed by atoms with Crippen LogP contribution in [0.1, 0.15) is 16.1 Å². The SMILES string of the molecule is Cc1cc(F)c2nc(C(=O)NS(=O)(=O)c3ccccc3)cn2c1. The Kier molecular flexibility index (Phi) is 3.61. The van der Waals surface area contributed by atoms with Crippen LogP contribution in [0.4, 0.5) is 4.39 Å². The molecule has 0 saturated heterocycles. The first-order chi connectivity index (χ1) is 10.9. The number of hydrogen-bond acceptors (Lipinski definition) is 4. The summed E-state index contributed by atoms with van der Waals surface area (Å²) in [4.78, 5) is 15.9. The van der Waals surface area contributed by atoms with Crippen LogP contribution in [0.2, 0.25) is 0 Å². The molecule has 0 fully saturated rings. The van der Waals surface area contributed by atoms with Crippen molar-refractivity contribution in [3.05, 3.63) is 65.9 Å². The van der Waals surface area contributed by atoms with Crippen molar-refractivity contribution < 1.29 is 17.6 Å². The maximum absolute atomic E-state index is 13.8. The number of halogens is 1. The van der Waals surface area contributed by atoms with Crippen molar-refractivity contribution in [2.75, 3.05) is 0 Å². The van der Waals surface area contributed by atoms with Gasteiger partial charge in [-0.25, -0.2) is 22.5 Å². The van der Waals surface area contributed by atoms with E-state index in [9.17, 15) is 17.6 Å². The molecule has 1 aromatic carbocycles. The number of amides is 1. The summed E-state index contributed by atoms with van der Waals surface area (Å²) >= 11 is 0. The van der Waals surface area contributed by atoms with Gasteiger partial charge in [-0.15, -0.1) is 0 Å². The first-order valence-electron chi connectivity index (χ1n) is 6.64. The van der Waals surface area contributed by atoms with Gasteiger partial charge in [0.2, 0.25) is 0 Å². The van der Waals surface area contributed by atoms with Crippen LogP contribution in [0.15, 0.2) is 53.7 Å². The maximum atomic E-state index is 13.8. The van der Waals surface area contributed by atoms with Crippen LogP contribution >= 0.6 is 0 Å². The van der Waals surface area contributed by atoms with Crippen molar-refractivity contribution >= 4 is 21.6 Å². The molecule has 3 rings (SSSR count). The van der Waals surface area contributed by atoms with Gasteiger partial charge < -0.3 is 4.40 Å². The van der Waals surface area contributed by atoms with Gasteiger partial charge in [0.1, 0.15) is 5.69 Å². The Morgan fingerprint density at radius 3 is 2.61 bits per heavy atom. The molecule has 23 heavy (non-hydrogen) atoms. The number of aryl methyl sites for hydroxylation is 1. The molecule has 1 N–H and O–H groups in total. The number of hydrogen-bond donors (Lipinski definition) is 1. The lowest BCUT2D eigenvalue weighted by atomic mass is 10.3. The minimum absolute atomic E-state index is 0.0425. The van der Waals surface area contributed by atoms with Crippen molar-refractivity contribution in [3.63, 3.8) is 0 Å². The van der Waals surface area contributed by atoms with Crippen LogP contribution in [0.25, 0.3) is 5.65 Å². The summed E-state index contributed by atoms with van der Waals surface area (Å²) in [6.07, 6.45) is 2.87. The van der Waals surface area contributed by atoms with E-state index in [0.29, 0.717) is 5.56 Å². The predicted molar refractivity (Wildman–Crippen MR) is 81.0 cm³/mol. The van der Waals surface area contributed by atoms with Crippen LogP contribution in [-0.4, -0.2) is 23.7 Å². The minimum atomic E-state index is -4.01. The highest BCUT2D eigenvalue weighted by Gasteiger charge is 2.21. The highest BCUT2D eigenvalue weighted by atomic mass is 32.2. The number of rotatable bonds is 3. The van der Waals surface area contributed by atoms with Crippen molar-refractivity contribution in [1.82, 2.24) is 14.1 Å². The van der Waals surface area contributed by atoms with Crippen LogP contribution in [0, 0.1) is 12.7 Å². The lowest BCUT2D eigenvalue weighted by molar-refractivity contribution is 0.0977. The standard InChI is InChI=1S/C15H12FN3O3S/c1-10-7-12(16)14-17-13(9-19(14)8-10)15(20)18-23(21,22)11-5-3-2-4-6-11/h2-9H,1H3,(H,18,20). The van der Waals surface area contributed by atoms with Gasteiger partial charge in [0, 0.05) is 12.4 Å². The zero-order chi connectivity index (χ0) is 16.6. The number of benzene rings is 1. The van der Waals surface area contributed by atoms with Crippen LogP contribution in [0.5, 0.6) is 0 Å². The molecular formula is C15H12FN3O3S. The summed E-state index contributed by atoms with van der Waals surface area (Å²) in [7, 11) is -4.01. The fourth-order valence-electron chi connectivity index (χ4n) is 2.13. The fourth-order valence-corrected chi connectivity index (χ4v) is 3.11. The van der Waals surface area contributed by atoms with E-state index < -0.39 is 21.7 Å². The van der Waals surface area contributed by atoms with Crippen LogP contribution in [-0.2, 0) is 10.0 Å². The summed E-state index contributed by atoms with van der Waals surface area (Å²) in [5.74, 6) is -1.51. The molecule has 0 radical (unpaired) electrons. The Balaban J connectivity index is 1.94. The molecule has 6 nitrogen and oxygen atoms in total. The van der Waals surface area contributed by atoms with Gasteiger partial charge >= 0.3 is 0 Å². The number of nitrogens with one attached hydrogen (secondary N) is 1. The molecule has 1 amide bonds. The summed E-state index contributed by atoms with van der Waals surface area (Å²) in [5.41, 5.74) is 0.420. The van der Waals surface area contributed by atoms with E-state index in [4.69, 9.17) is 0 Å². The molecule has 0 aliphatic rings. The largest absolute Gasteiger partial charge is 0.304 e. The van der Waals surface area contributed by atoms with E-state index >= 15 is 0 Å². The Hall–Kier alpha value is -2.74. The van der Waals surface area contributed by atoms with Crippen molar-refractivity contribution in [2.45, 2.75) is 11.8 Å². The molecule has 0 atom stereocenters. The lowest BCUT2D eigenvalue weighted by Gasteiger charge is -2.04. The second-order valence-electron chi connectivity index (χ2n) is 4.97. The second-order valence-corrected chi connectivity index (χ2v) is 6.65. The number of carbonyl (C=O) groups excluding carboxylic acids is 1. The molecular weight excluding hydrogens is 321 g/mol. The van der Waals surface area contributed by atoms with Crippen molar-refractivity contribution in [3.8, 4) is 0 Å². The quantitative estimate of drug-likeness (QED) is 0.794. The number of pyridine rings is 1. The molecule has 118 valence electrons. The highest BCUT2D eigenvalue weighted by Crippen LogP contribution is 2.13. The van der Waals surface area contributed by atoms with Gasteiger partial charge in [-0.3, -0.25) is 4.79 Å². The van der Waals surface area contributed by atoms with E-state index in [-0.39, 0.29) is 16.2 Å². The Bertz CT molecular complexity index is 997. The number of imidazole rings is 1.